The highest BCUT2D eigenvalue weighted by atomic mass is 16.5. The van der Waals surface area contributed by atoms with Gasteiger partial charge in [-0.15, -0.1) is 0 Å². The standard InChI is InChI=1S/C28H30N2O6/c1-5-35-27(32)22-16(3)30-21-14-20(17-9-11-19(34-4)12-10-17)24(28(33)36-6-2)26(31)25(21)23(22)18-8-7-13-29-15-18/h7-13,15,20,23-25H,5-6,14H2,1-4H3/t20-,23-,24+,25?/m1/s1. The Bertz CT molecular complexity index is 1200. The second kappa shape index (κ2) is 10.8. The predicted molar refractivity (Wildman–Crippen MR) is 133 cm³/mol. The number of nitrogens with zero attached hydrogens (tertiary/aromatic N) is 2. The summed E-state index contributed by atoms with van der Waals surface area (Å²) in [5.41, 5.74) is 2.97. The molecule has 1 aromatic carbocycles. The molecule has 1 aliphatic carbocycles. The highest BCUT2D eigenvalue weighted by Crippen LogP contribution is 2.48. The number of rotatable bonds is 7. The number of benzene rings is 1. The average Bonchev–Trinajstić information content (AvgIpc) is 2.88. The molecule has 8 heteroatoms. The molecule has 4 atom stereocenters. The summed E-state index contributed by atoms with van der Waals surface area (Å²) in [6.45, 7) is 5.54. The van der Waals surface area contributed by atoms with E-state index >= 15 is 0 Å². The van der Waals surface area contributed by atoms with E-state index < -0.39 is 35.6 Å². The summed E-state index contributed by atoms with van der Waals surface area (Å²) >= 11 is 0. The van der Waals surface area contributed by atoms with Crippen LogP contribution in [0.3, 0.4) is 0 Å². The fraction of sp³-hybridized carbons (Fsp3) is 0.393. The highest BCUT2D eigenvalue weighted by molar-refractivity contribution is 6.17. The van der Waals surface area contributed by atoms with Gasteiger partial charge in [0.2, 0.25) is 0 Å². The summed E-state index contributed by atoms with van der Waals surface area (Å²) in [5, 5.41) is 0. The lowest BCUT2D eigenvalue weighted by Crippen LogP contribution is -2.48. The van der Waals surface area contributed by atoms with Gasteiger partial charge in [-0.05, 0) is 56.5 Å². The van der Waals surface area contributed by atoms with Crippen LogP contribution in [-0.4, -0.2) is 48.7 Å². The molecule has 2 aromatic rings. The van der Waals surface area contributed by atoms with Crippen LogP contribution in [0, 0.1) is 11.8 Å². The number of carbonyl (C=O) groups excluding carboxylic acids is 3. The van der Waals surface area contributed by atoms with Gasteiger partial charge in [0.25, 0.3) is 0 Å². The van der Waals surface area contributed by atoms with Crippen molar-refractivity contribution < 1.29 is 28.6 Å². The van der Waals surface area contributed by atoms with Crippen LogP contribution < -0.4 is 4.74 Å². The van der Waals surface area contributed by atoms with E-state index in [0.29, 0.717) is 34.7 Å². The van der Waals surface area contributed by atoms with Crippen molar-refractivity contribution >= 4 is 23.4 Å². The van der Waals surface area contributed by atoms with E-state index in [-0.39, 0.29) is 19.0 Å². The Morgan fingerprint density at radius 2 is 1.72 bits per heavy atom. The van der Waals surface area contributed by atoms with Crippen molar-refractivity contribution in [3.05, 3.63) is 71.2 Å². The maximum atomic E-state index is 14.2. The molecular formula is C28H30N2O6. The van der Waals surface area contributed by atoms with Gasteiger partial charge >= 0.3 is 11.9 Å². The molecule has 188 valence electrons. The summed E-state index contributed by atoms with van der Waals surface area (Å²) in [5.74, 6) is -3.70. The lowest BCUT2D eigenvalue weighted by atomic mass is 9.62. The smallest absolute Gasteiger partial charge is 0.336 e. The van der Waals surface area contributed by atoms with Gasteiger partial charge in [0.05, 0.1) is 31.8 Å². The van der Waals surface area contributed by atoms with Crippen molar-refractivity contribution in [1.29, 1.82) is 0 Å². The van der Waals surface area contributed by atoms with Crippen LogP contribution in [0.25, 0.3) is 0 Å². The molecule has 2 heterocycles. The molecule has 0 bridgehead atoms. The van der Waals surface area contributed by atoms with E-state index in [4.69, 9.17) is 19.2 Å². The molecule has 0 saturated heterocycles. The number of fused-ring (bicyclic) bond motifs is 1. The number of pyridine rings is 1. The quantitative estimate of drug-likeness (QED) is 0.426. The zero-order valence-corrected chi connectivity index (χ0v) is 20.9. The molecule has 2 aliphatic rings. The summed E-state index contributed by atoms with van der Waals surface area (Å²) in [6, 6.07) is 10.9. The van der Waals surface area contributed by atoms with Crippen molar-refractivity contribution in [2.75, 3.05) is 20.3 Å². The predicted octanol–water partition coefficient (Wildman–Crippen LogP) is 4.02. The van der Waals surface area contributed by atoms with Crippen LogP contribution >= 0.6 is 0 Å². The van der Waals surface area contributed by atoms with Gasteiger partial charge in [-0.3, -0.25) is 19.6 Å². The summed E-state index contributed by atoms with van der Waals surface area (Å²) < 4.78 is 16.0. The first-order chi connectivity index (χ1) is 17.4. The number of hydrogen-bond acceptors (Lipinski definition) is 8. The molecule has 1 aliphatic heterocycles. The Kier molecular flexibility index (Phi) is 7.62. The molecule has 36 heavy (non-hydrogen) atoms. The van der Waals surface area contributed by atoms with Gasteiger partial charge in [-0.25, -0.2) is 4.79 Å². The summed E-state index contributed by atoms with van der Waals surface area (Å²) in [4.78, 5) is 49.4. The monoisotopic (exact) mass is 490 g/mol. The Balaban J connectivity index is 1.86. The zero-order valence-electron chi connectivity index (χ0n) is 20.9. The van der Waals surface area contributed by atoms with Crippen molar-refractivity contribution in [3.63, 3.8) is 0 Å². The molecule has 1 fully saturated rings. The molecule has 1 saturated carbocycles. The van der Waals surface area contributed by atoms with Crippen LogP contribution in [0.2, 0.25) is 0 Å². The first kappa shape index (κ1) is 25.3. The van der Waals surface area contributed by atoms with Crippen molar-refractivity contribution in [2.24, 2.45) is 16.8 Å². The van der Waals surface area contributed by atoms with Crippen LogP contribution in [0.5, 0.6) is 5.75 Å². The second-order valence-electron chi connectivity index (χ2n) is 8.78. The number of ketones is 1. The van der Waals surface area contributed by atoms with Crippen molar-refractivity contribution in [1.82, 2.24) is 4.98 Å². The maximum Gasteiger partial charge on any atom is 0.336 e. The number of allylic oxidation sites excluding steroid dienone is 1. The SMILES string of the molecule is CCOC(=O)C1=C(C)N=C2C[C@H](c3ccc(OC)cc3)[C@H](C(=O)OCC)C(=O)C2[C@@H]1c1cccnc1. The number of carbonyl (C=O) groups is 3. The summed E-state index contributed by atoms with van der Waals surface area (Å²) in [6.07, 6.45) is 3.64. The van der Waals surface area contributed by atoms with Crippen molar-refractivity contribution in [3.8, 4) is 5.75 Å². The van der Waals surface area contributed by atoms with E-state index in [1.165, 1.54) is 0 Å². The number of methoxy groups -OCH3 is 1. The Morgan fingerprint density at radius 3 is 2.33 bits per heavy atom. The van der Waals surface area contributed by atoms with Gasteiger partial charge in [0.1, 0.15) is 11.7 Å². The second-order valence-corrected chi connectivity index (χ2v) is 8.78. The van der Waals surface area contributed by atoms with Crippen LogP contribution in [0.4, 0.5) is 0 Å². The highest BCUT2D eigenvalue weighted by Gasteiger charge is 2.53. The number of esters is 2. The third-order valence-corrected chi connectivity index (χ3v) is 6.77. The van der Waals surface area contributed by atoms with Crippen molar-refractivity contribution in [2.45, 2.75) is 39.0 Å². The number of Topliss-reactive ketones (excluding diaryl/α,β-unsaturated/α-hetero) is 1. The van der Waals surface area contributed by atoms with Gasteiger partial charge in [0, 0.05) is 35.6 Å². The Morgan fingerprint density at radius 1 is 1.00 bits per heavy atom. The fourth-order valence-electron chi connectivity index (χ4n) is 5.24. The Hall–Kier alpha value is -3.81. The molecule has 0 N–H and O–H groups in total. The third kappa shape index (κ3) is 4.67. The molecule has 0 radical (unpaired) electrons. The maximum absolute atomic E-state index is 14.2. The molecule has 1 unspecified atom stereocenters. The van der Waals surface area contributed by atoms with Gasteiger partial charge in [-0.1, -0.05) is 18.2 Å². The van der Waals surface area contributed by atoms with Gasteiger partial charge in [-0.2, -0.15) is 0 Å². The normalized spacial score (nSPS) is 23.4. The van der Waals surface area contributed by atoms with E-state index in [2.05, 4.69) is 4.98 Å². The van der Waals surface area contributed by atoms with Crippen LogP contribution in [0.15, 0.2) is 65.1 Å². The van der Waals surface area contributed by atoms with Gasteiger partial charge < -0.3 is 14.2 Å². The number of ether oxygens (including phenoxy) is 3. The third-order valence-electron chi connectivity index (χ3n) is 6.77. The largest absolute Gasteiger partial charge is 0.497 e. The molecule has 8 nitrogen and oxygen atoms in total. The fourth-order valence-corrected chi connectivity index (χ4v) is 5.24. The van der Waals surface area contributed by atoms with Crippen LogP contribution in [-0.2, 0) is 23.9 Å². The first-order valence-corrected chi connectivity index (χ1v) is 12.1. The molecule has 4 rings (SSSR count). The van der Waals surface area contributed by atoms with E-state index in [1.54, 1.807) is 58.5 Å². The topological polar surface area (TPSA) is 104 Å². The summed E-state index contributed by atoms with van der Waals surface area (Å²) in [7, 11) is 1.58. The van der Waals surface area contributed by atoms with Crippen LogP contribution in [0.1, 0.15) is 50.2 Å². The lowest BCUT2D eigenvalue weighted by molar-refractivity contribution is -0.153. The van der Waals surface area contributed by atoms with E-state index in [1.807, 2.05) is 18.2 Å². The van der Waals surface area contributed by atoms with E-state index in [0.717, 1.165) is 5.56 Å². The first-order valence-electron chi connectivity index (χ1n) is 12.1. The molecule has 0 spiro atoms. The molecule has 1 aromatic heterocycles. The zero-order chi connectivity index (χ0) is 25.8. The minimum absolute atomic E-state index is 0.155. The van der Waals surface area contributed by atoms with E-state index in [9.17, 15) is 14.4 Å². The Labute approximate surface area is 210 Å². The minimum atomic E-state index is -1.04. The number of hydrogen-bond donors (Lipinski definition) is 0. The van der Waals surface area contributed by atoms with Gasteiger partial charge in [0.15, 0.2) is 5.78 Å². The minimum Gasteiger partial charge on any atom is -0.497 e. The molecule has 0 amide bonds. The molecular weight excluding hydrogens is 460 g/mol. The number of aromatic nitrogens is 1. The lowest BCUT2D eigenvalue weighted by Gasteiger charge is -2.41. The average molecular weight is 491 g/mol. The number of aliphatic imine (C=N–C) groups is 1.